The summed E-state index contributed by atoms with van der Waals surface area (Å²) in [7, 11) is 3.59. The Labute approximate surface area is 87.8 Å². The number of carboxylic acids is 1. The van der Waals surface area contributed by atoms with Gasteiger partial charge in [-0.3, -0.25) is 4.79 Å². The van der Waals surface area contributed by atoms with Crippen molar-refractivity contribution in [3.8, 4) is 0 Å². The fourth-order valence-corrected chi connectivity index (χ4v) is 1.17. The Morgan fingerprint density at radius 3 is 2.47 bits per heavy atom. The smallest absolute Gasteiger partial charge is 0.308 e. The highest BCUT2D eigenvalue weighted by Gasteiger charge is 2.12. The van der Waals surface area contributed by atoms with E-state index in [4.69, 9.17) is 10.8 Å². The van der Waals surface area contributed by atoms with Gasteiger partial charge in [0.2, 0.25) is 5.95 Å². The van der Waals surface area contributed by atoms with Crippen LogP contribution in [0.3, 0.4) is 0 Å². The van der Waals surface area contributed by atoms with Gasteiger partial charge in [-0.2, -0.15) is 4.98 Å². The molecule has 1 aromatic heterocycles. The third kappa shape index (κ3) is 2.55. The van der Waals surface area contributed by atoms with Crippen LogP contribution in [0.1, 0.15) is 11.3 Å². The monoisotopic (exact) mass is 210 g/mol. The standard InChI is InChI=1S/C9H14N4O2/c1-5-6(4-7(14)15)8(10)12-9(11-5)13(2)3/h4H2,1-3H3,(H,14,15)(H2,10,11,12). The predicted molar refractivity (Wildman–Crippen MR) is 56.8 cm³/mol. The highest BCUT2D eigenvalue weighted by atomic mass is 16.4. The Morgan fingerprint density at radius 1 is 1.47 bits per heavy atom. The molecule has 0 amide bonds. The van der Waals surface area contributed by atoms with E-state index in [-0.39, 0.29) is 12.2 Å². The molecule has 0 fully saturated rings. The first-order chi connectivity index (χ1) is 6.91. The van der Waals surface area contributed by atoms with Crippen molar-refractivity contribution >= 4 is 17.7 Å². The number of aromatic nitrogens is 2. The van der Waals surface area contributed by atoms with E-state index in [0.717, 1.165) is 0 Å². The number of nitrogen functional groups attached to an aromatic ring is 1. The van der Waals surface area contributed by atoms with Crippen LogP contribution in [0.25, 0.3) is 0 Å². The van der Waals surface area contributed by atoms with E-state index < -0.39 is 5.97 Å². The topological polar surface area (TPSA) is 92.3 Å². The normalized spacial score (nSPS) is 10.1. The van der Waals surface area contributed by atoms with Gasteiger partial charge in [0.05, 0.1) is 6.42 Å². The molecule has 0 spiro atoms. The molecule has 0 unspecified atom stereocenters. The lowest BCUT2D eigenvalue weighted by Gasteiger charge is -2.13. The number of rotatable bonds is 3. The van der Waals surface area contributed by atoms with Crippen LogP contribution in [0.15, 0.2) is 0 Å². The zero-order chi connectivity index (χ0) is 11.6. The quantitative estimate of drug-likeness (QED) is 0.732. The van der Waals surface area contributed by atoms with Crippen molar-refractivity contribution < 1.29 is 9.90 Å². The first-order valence-corrected chi connectivity index (χ1v) is 4.44. The van der Waals surface area contributed by atoms with Crippen molar-refractivity contribution in [1.82, 2.24) is 9.97 Å². The van der Waals surface area contributed by atoms with Crippen LogP contribution in [-0.4, -0.2) is 35.1 Å². The van der Waals surface area contributed by atoms with Gasteiger partial charge in [0.1, 0.15) is 5.82 Å². The van der Waals surface area contributed by atoms with Crippen LogP contribution >= 0.6 is 0 Å². The van der Waals surface area contributed by atoms with E-state index in [1.165, 1.54) is 0 Å². The van der Waals surface area contributed by atoms with Gasteiger partial charge in [-0.05, 0) is 6.92 Å². The molecule has 0 bridgehead atoms. The molecule has 1 rings (SSSR count). The number of hydrogen-bond donors (Lipinski definition) is 2. The van der Waals surface area contributed by atoms with Gasteiger partial charge in [-0.25, -0.2) is 4.98 Å². The summed E-state index contributed by atoms with van der Waals surface area (Å²) in [4.78, 5) is 20.5. The summed E-state index contributed by atoms with van der Waals surface area (Å²) in [5, 5.41) is 8.67. The van der Waals surface area contributed by atoms with Gasteiger partial charge in [0.15, 0.2) is 0 Å². The third-order valence-electron chi connectivity index (χ3n) is 1.96. The van der Waals surface area contributed by atoms with E-state index in [1.807, 2.05) is 0 Å². The first-order valence-electron chi connectivity index (χ1n) is 4.44. The Balaban J connectivity index is 3.15. The molecular formula is C9H14N4O2. The van der Waals surface area contributed by atoms with Gasteiger partial charge >= 0.3 is 5.97 Å². The van der Waals surface area contributed by atoms with Crippen molar-refractivity contribution in [2.75, 3.05) is 24.7 Å². The van der Waals surface area contributed by atoms with Crippen molar-refractivity contribution in [3.05, 3.63) is 11.3 Å². The molecule has 1 aromatic rings. The number of nitrogens with two attached hydrogens (primary N) is 1. The molecule has 15 heavy (non-hydrogen) atoms. The molecule has 0 saturated heterocycles. The van der Waals surface area contributed by atoms with Crippen molar-refractivity contribution in [2.45, 2.75) is 13.3 Å². The van der Waals surface area contributed by atoms with E-state index in [1.54, 1.807) is 25.9 Å². The number of aliphatic carboxylic acids is 1. The molecule has 0 aliphatic carbocycles. The Bertz CT molecular complexity index is 367. The summed E-state index contributed by atoms with van der Waals surface area (Å²) < 4.78 is 0. The maximum atomic E-state index is 10.6. The van der Waals surface area contributed by atoms with Gasteiger partial charge in [-0.15, -0.1) is 0 Å². The van der Waals surface area contributed by atoms with E-state index in [0.29, 0.717) is 17.2 Å². The fourth-order valence-electron chi connectivity index (χ4n) is 1.17. The fraction of sp³-hybridized carbons (Fsp3) is 0.444. The molecule has 0 saturated carbocycles. The number of aryl methyl sites for hydroxylation is 1. The molecule has 0 atom stereocenters. The van der Waals surface area contributed by atoms with Crippen LogP contribution in [0.2, 0.25) is 0 Å². The van der Waals surface area contributed by atoms with Gasteiger partial charge in [0, 0.05) is 25.4 Å². The maximum Gasteiger partial charge on any atom is 0.308 e. The molecule has 82 valence electrons. The second kappa shape index (κ2) is 4.12. The summed E-state index contributed by atoms with van der Waals surface area (Å²) in [6.45, 7) is 1.73. The third-order valence-corrected chi connectivity index (χ3v) is 1.96. The molecule has 1 heterocycles. The van der Waals surface area contributed by atoms with E-state index in [2.05, 4.69) is 9.97 Å². The molecule has 0 aliphatic heterocycles. The zero-order valence-electron chi connectivity index (χ0n) is 8.98. The Hall–Kier alpha value is -1.85. The Kier molecular flexibility index (Phi) is 3.08. The molecule has 0 radical (unpaired) electrons. The van der Waals surface area contributed by atoms with Crippen LogP contribution in [0, 0.1) is 6.92 Å². The number of carbonyl (C=O) groups is 1. The first kappa shape index (κ1) is 11.2. The minimum absolute atomic E-state index is 0.147. The van der Waals surface area contributed by atoms with Crippen LogP contribution < -0.4 is 10.6 Å². The largest absolute Gasteiger partial charge is 0.481 e. The van der Waals surface area contributed by atoms with Gasteiger partial charge < -0.3 is 15.7 Å². The van der Waals surface area contributed by atoms with Crippen molar-refractivity contribution in [1.29, 1.82) is 0 Å². The predicted octanol–water partition coefficient (Wildman–Crippen LogP) is 0.0603. The maximum absolute atomic E-state index is 10.6. The number of hydrogen-bond acceptors (Lipinski definition) is 5. The second-order valence-electron chi connectivity index (χ2n) is 3.44. The molecule has 3 N–H and O–H groups in total. The lowest BCUT2D eigenvalue weighted by molar-refractivity contribution is -0.136. The highest BCUT2D eigenvalue weighted by Crippen LogP contribution is 2.17. The molecule has 6 heteroatoms. The van der Waals surface area contributed by atoms with Crippen LogP contribution in [0.4, 0.5) is 11.8 Å². The summed E-state index contributed by atoms with van der Waals surface area (Å²) in [6.07, 6.45) is -0.147. The molecule has 6 nitrogen and oxygen atoms in total. The lowest BCUT2D eigenvalue weighted by atomic mass is 10.1. The summed E-state index contributed by atoms with van der Waals surface area (Å²) >= 11 is 0. The Morgan fingerprint density at radius 2 is 2.07 bits per heavy atom. The van der Waals surface area contributed by atoms with Crippen molar-refractivity contribution in [2.24, 2.45) is 0 Å². The number of carboxylic acid groups (broad SMARTS) is 1. The molecule has 0 aromatic carbocycles. The summed E-state index contributed by atoms with van der Waals surface area (Å²) in [6, 6.07) is 0. The summed E-state index contributed by atoms with van der Waals surface area (Å²) in [5.74, 6) is -0.223. The van der Waals surface area contributed by atoms with Crippen LogP contribution in [0.5, 0.6) is 0 Å². The average molecular weight is 210 g/mol. The van der Waals surface area contributed by atoms with Gasteiger partial charge in [0.25, 0.3) is 0 Å². The van der Waals surface area contributed by atoms with Crippen LogP contribution in [-0.2, 0) is 11.2 Å². The number of anilines is 2. The lowest BCUT2D eigenvalue weighted by Crippen LogP contribution is -2.17. The molecule has 0 aliphatic rings. The van der Waals surface area contributed by atoms with E-state index in [9.17, 15) is 4.79 Å². The number of nitrogens with zero attached hydrogens (tertiary/aromatic N) is 3. The van der Waals surface area contributed by atoms with E-state index >= 15 is 0 Å². The van der Waals surface area contributed by atoms with Crippen molar-refractivity contribution in [3.63, 3.8) is 0 Å². The highest BCUT2D eigenvalue weighted by molar-refractivity contribution is 5.72. The minimum Gasteiger partial charge on any atom is -0.481 e. The molecular weight excluding hydrogens is 196 g/mol. The zero-order valence-corrected chi connectivity index (χ0v) is 8.98. The average Bonchev–Trinajstić information content (AvgIpc) is 2.10. The minimum atomic E-state index is -0.939. The SMILES string of the molecule is Cc1nc(N(C)C)nc(N)c1CC(=O)O. The summed E-state index contributed by atoms with van der Waals surface area (Å²) in [5.41, 5.74) is 6.75. The second-order valence-corrected chi connectivity index (χ2v) is 3.44. The van der Waals surface area contributed by atoms with Gasteiger partial charge in [-0.1, -0.05) is 0 Å².